The summed E-state index contributed by atoms with van der Waals surface area (Å²) < 4.78 is 25.7. The highest BCUT2D eigenvalue weighted by molar-refractivity contribution is 5.78. The highest BCUT2D eigenvalue weighted by Crippen LogP contribution is 2.10. The van der Waals surface area contributed by atoms with E-state index in [2.05, 4.69) is 15.3 Å². The van der Waals surface area contributed by atoms with E-state index in [0.29, 0.717) is 11.4 Å². The minimum absolute atomic E-state index is 0.0117. The Morgan fingerprint density at radius 1 is 1.42 bits per heavy atom. The lowest BCUT2D eigenvalue weighted by Gasteiger charge is -2.11. The minimum atomic E-state index is -0.954. The monoisotopic (exact) mass is 265 g/mol. The van der Waals surface area contributed by atoms with Gasteiger partial charge in [0.25, 0.3) is 0 Å². The second kappa shape index (κ2) is 5.60. The number of rotatable bonds is 4. The molecule has 0 aliphatic carbocycles. The summed E-state index contributed by atoms with van der Waals surface area (Å²) in [6, 6.07) is 3.14. The number of carbonyl (C=O) groups is 1. The summed E-state index contributed by atoms with van der Waals surface area (Å²) in [5.74, 6) is -1.52. The Labute approximate surface area is 108 Å². The molecule has 0 fully saturated rings. The number of halogens is 2. The summed E-state index contributed by atoms with van der Waals surface area (Å²) >= 11 is 0. The maximum Gasteiger partial charge on any atom is 0.224 e. The van der Waals surface area contributed by atoms with E-state index in [4.69, 9.17) is 0 Å². The molecule has 0 saturated carbocycles. The molecule has 2 rings (SSSR count). The summed E-state index contributed by atoms with van der Waals surface area (Å²) in [6.45, 7) is 1.78. The van der Waals surface area contributed by atoms with E-state index < -0.39 is 11.6 Å². The van der Waals surface area contributed by atoms with Crippen LogP contribution in [0.25, 0.3) is 0 Å². The van der Waals surface area contributed by atoms with Crippen LogP contribution in [-0.2, 0) is 11.2 Å². The number of H-pyrrole nitrogens is 1. The number of nitrogens with one attached hydrogen (secondary N) is 2. The average molecular weight is 265 g/mol. The summed E-state index contributed by atoms with van der Waals surface area (Å²) in [5.41, 5.74) is 0.419. The van der Waals surface area contributed by atoms with Crippen LogP contribution in [0.1, 0.15) is 24.4 Å². The number of amides is 1. The highest BCUT2D eigenvalue weighted by Gasteiger charge is 2.12. The van der Waals surface area contributed by atoms with Gasteiger partial charge in [-0.2, -0.15) is 0 Å². The molecule has 1 aromatic heterocycles. The number of aromatic amines is 1. The van der Waals surface area contributed by atoms with Crippen molar-refractivity contribution in [2.75, 3.05) is 0 Å². The van der Waals surface area contributed by atoms with Gasteiger partial charge in [-0.3, -0.25) is 4.79 Å². The Morgan fingerprint density at radius 3 is 2.84 bits per heavy atom. The molecule has 4 nitrogen and oxygen atoms in total. The predicted molar refractivity (Wildman–Crippen MR) is 65.2 cm³/mol. The van der Waals surface area contributed by atoms with Crippen LogP contribution in [-0.4, -0.2) is 15.9 Å². The molecule has 1 heterocycles. The zero-order valence-electron chi connectivity index (χ0n) is 10.3. The van der Waals surface area contributed by atoms with Gasteiger partial charge in [0.1, 0.15) is 5.82 Å². The first-order valence-corrected chi connectivity index (χ1v) is 5.79. The molecule has 1 amide bonds. The highest BCUT2D eigenvalue weighted by atomic mass is 19.2. The van der Waals surface area contributed by atoms with Crippen molar-refractivity contribution in [1.29, 1.82) is 0 Å². The van der Waals surface area contributed by atoms with Gasteiger partial charge in [-0.05, 0) is 24.6 Å². The lowest BCUT2D eigenvalue weighted by molar-refractivity contribution is -0.121. The van der Waals surface area contributed by atoms with Crippen molar-refractivity contribution in [1.82, 2.24) is 15.3 Å². The number of carbonyl (C=O) groups excluding carboxylic acids is 1. The van der Waals surface area contributed by atoms with Gasteiger partial charge in [0.15, 0.2) is 11.6 Å². The van der Waals surface area contributed by atoms with Crippen LogP contribution in [0, 0.1) is 11.6 Å². The largest absolute Gasteiger partial charge is 0.347 e. The van der Waals surface area contributed by atoms with E-state index in [0.717, 1.165) is 12.1 Å². The van der Waals surface area contributed by atoms with Crippen LogP contribution in [0.2, 0.25) is 0 Å². The van der Waals surface area contributed by atoms with E-state index in [-0.39, 0.29) is 18.4 Å². The lowest BCUT2D eigenvalue weighted by atomic mass is 10.1. The maximum atomic E-state index is 13.0. The van der Waals surface area contributed by atoms with Gasteiger partial charge in [0, 0.05) is 12.4 Å². The molecule has 0 bridgehead atoms. The van der Waals surface area contributed by atoms with E-state index in [1.54, 1.807) is 19.3 Å². The molecule has 1 atom stereocenters. The lowest BCUT2D eigenvalue weighted by Crippen LogP contribution is -2.28. The van der Waals surface area contributed by atoms with Crippen LogP contribution in [0.3, 0.4) is 0 Å². The molecule has 2 aromatic rings. The van der Waals surface area contributed by atoms with E-state index in [9.17, 15) is 13.6 Å². The van der Waals surface area contributed by atoms with Crippen LogP contribution < -0.4 is 5.32 Å². The van der Waals surface area contributed by atoms with Gasteiger partial charge in [0.2, 0.25) is 5.91 Å². The van der Waals surface area contributed by atoms with E-state index in [1.165, 1.54) is 6.07 Å². The minimum Gasteiger partial charge on any atom is -0.347 e. The van der Waals surface area contributed by atoms with Crippen LogP contribution in [0.5, 0.6) is 0 Å². The third-order valence-corrected chi connectivity index (χ3v) is 2.66. The average Bonchev–Trinajstić information content (AvgIpc) is 2.87. The summed E-state index contributed by atoms with van der Waals surface area (Å²) in [5, 5.41) is 2.72. The van der Waals surface area contributed by atoms with Gasteiger partial charge >= 0.3 is 0 Å². The molecule has 1 aromatic carbocycles. The van der Waals surface area contributed by atoms with Gasteiger partial charge in [0.05, 0.1) is 12.5 Å². The van der Waals surface area contributed by atoms with Crippen LogP contribution >= 0.6 is 0 Å². The number of nitrogens with zero attached hydrogens (tertiary/aromatic N) is 1. The quantitative estimate of drug-likeness (QED) is 0.889. The number of imidazole rings is 1. The first-order chi connectivity index (χ1) is 9.06. The molecular formula is C13H13F2N3O. The molecule has 0 aliphatic heterocycles. The molecule has 0 radical (unpaired) electrons. The van der Waals surface area contributed by atoms with Crippen LogP contribution in [0.15, 0.2) is 30.6 Å². The summed E-state index contributed by atoms with van der Waals surface area (Å²) in [6.07, 6.45) is 3.24. The third kappa shape index (κ3) is 3.37. The topological polar surface area (TPSA) is 57.8 Å². The van der Waals surface area contributed by atoms with Crippen molar-refractivity contribution < 1.29 is 13.6 Å². The SMILES string of the molecule is CC(NC(=O)Cc1ccc(F)c(F)c1)c1ncc[nH]1. The van der Waals surface area contributed by atoms with Crippen LogP contribution in [0.4, 0.5) is 8.78 Å². The van der Waals surface area contributed by atoms with Crippen molar-refractivity contribution in [3.63, 3.8) is 0 Å². The van der Waals surface area contributed by atoms with E-state index in [1.807, 2.05) is 0 Å². The van der Waals surface area contributed by atoms with Crippen molar-refractivity contribution in [3.05, 3.63) is 53.6 Å². The van der Waals surface area contributed by atoms with Crippen molar-refractivity contribution >= 4 is 5.91 Å². The Balaban J connectivity index is 1.95. The van der Waals surface area contributed by atoms with Crippen molar-refractivity contribution in [2.45, 2.75) is 19.4 Å². The summed E-state index contributed by atoms with van der Waals surface area (Å²) in [4.78, 5) is 18.7. The molecule has 0 saturated heterocycles. The number of aromatic nitrogens is 2. The fraction of sp³-hybridized carbons (Fsp3) is 0.231. The smallest absolute Gasteiger partial charge is 0.224 e. The Bertz CT molecular complexity index is 569. The standard InChI is InChI=1S/C13H13F2N3O/c1-8(13-16-4-5-17-13)18-12(19)7-9-2-3-10(14)11(15)6-9/h2-6,8H,7H2,1H3,(H,16,17)(H,18,19). The van der Waals surface area contributed by atoms with E-state index >= 15 is 0 Å². The first-order valence-electron chi connectivity index (χ1n) is 5.79. The fourth-order valence-corrected chi connectivity index (χ4v) is 1.71. The molecule has 2 N–H and O–H groups in total. The zero-order valence-corrected chi connectivity index (χ0v) is 10.3. The third-order valence-electron chi connectivity index (χ3n) is 2.66. The van der Waals surface area contributed by atoms with Crippen molar-refractivity contribution in [2.24, 2.45) is 0 Å². The summed E-state index contributed by atoms with van der Waals surface area (Å²) in [7, 11) is 0. The molecule has 0 spiro atoms. The molecular weight excluding hydrogens is 252 g/mol. The Hall–Kier alpha value is -2.24. The normalized spacial score (nSPS) is 12.2. The van der Waals surface area contributed by atoms with Gasteiger partial charge in [-0.1, -0.05) is 6.07 Å². The molecule has 100 valence electrons. The van der Waals surface area contributed by atoms with Gasteiger partial charge < -0.3 is 10.3 Å². The molecule has 0 aliphatic rings. The van der Waals surface area contributed by atoms with Gasteiger partial charge in [-0.25, -0.2) is 13.8 Å². The number of hydrogen-bond acceptors (Lipinski definition) is 2. The molecule has 1 unspecified atom stereocenters. The number of hydrogen-bond donors (Lipinski definition) is 2. The van der Waals surface area contributed by atoms with Gasteiger partial charge in [-0.15, -0.1) is 0 Å². The Kier molecular flexibility index (Phi) is 3.89. The van der Waals surface area contributed by atoms with Crippen molar-refractivity contribution in [3.8, 4) is 0 Å². The second-order valence-electron chi connectivity index (χ2n) is 4.19. The molecule has 19 heavy (non-hydrogen) atoms. The first kappa shape index (κ1) is 13.2. The second-order valence-corrected chi connectivity index (χ2v) is 4.19. The predicted octanol–water partition coefficient (Wildman–Crippen LogP) is 2.11. The fourth-order valence-electron chi connectivity index (χ4n) is 1.71. The molecule has 6 heteroatoms. The Morgan fingerprint density at radius 2 is 2.21 bits per heavy atom. The maximum absolute atomic E-state index is 13.0. The zero-order chi connectivity index (χ0) is 13.8. The number of benzene rings is 1.